The Kier molecular flexibility index (Phi) is 6.61. The summed E-state index contributed by atoms with van der Waals surface area (Å²) in [7, 11) is 0. The molecule has 1 heteroatoms. The average molecular weight is 524 g/mol. The van der Waals surface area contributed by atoms with Gasteiger partial charge in [0, 0.05) is 17.1 Å². The zero-order valence-corrected chi connectivity index (χ0v) is 22.7. The molecule has 0 aromatic heterocycles. The molecule has 41 heavy (non-hydrogen) atoms. The van der Waals surface area contributed by atoms with E-state index in [4.69, 9.17) is 0 Å². The molecule has 0 aliphatic rings. The Morgan fingerprint density at radius 2 is 0.585 bits per heavy atom. The van der Waals surface area contributed by atoms with Crippen LogP contribution in [0.4, 0.5) is 17.1 Å². The van der Waals surface area contributed by atoms with Gasteiger partial charge in [0.2, 0.25) is 0 Å². The first-order valence-electron chi connectivity index (χ1n) is 14.0. The minimum absolute atomic E-state index is 1.12. The maximum absolute atomic E-state index is 2.34. The van der Waals surface area contributed by atoms with Crippen molar-refractivity contribution in [2.24, 2.45) is 0 Å². The lowest BCUT2D eigenvalue weighted by Gasteiger charge is -2.26. The van der Waals surface area contributed by atoms with Crippen LogP contribution in [-0.4, -0.2) is 0 Å². The average Bonchev–Trinajstić information content (AvgIpc) is 3.06. The van der Waals surface area contributed by atoms with Crippen LogP contribution in [0.5, 0.6) is 0 Å². The Balaban J connectivity index is 1.25. The van der Waals surface area contributed by atoms with Crippen LogP contribution in [0.15, 0.2) is 176 Å². The number of rotatable bonds is 6. The molecule has 0 fully saturated rings. The second-order valence-electron chi connectivity index (χ2n) is 10.3. The second-order valence-corrected chi connectivity index (χ2v) is 10.3. The third-order valence-corrected chi connectivity index (χ3v) is 7.67. The van der Waals surface area contributed by atoms with E-state index < -0.39 is 0 Å². The monoisotopic (exact) mass is 523 g/mol. The van der Waals surface area contributed by atoms with Crippen molar-refractivity contribution in [2.75, 3.05) is 4.90 Å². The summed E-state index contributed by atoms with van der Waals surface area (Å²) in [6.45, 7) is 0. The van der Waals surface area contributed by atoms with E-state index in [2.05, 4.69) is 181 Å². The zero-order chi connectivity index (χ0) is 27.4. The van der Waals surface area contributed by atoms with E-state index in [1.807, 2.05) is 0 Å². The summed E-state index contributed by atoms with van der Waals surface area (Å²) in [5, 5.41) is 2.47. The lowest BCUT2D eigenvalue weighted by Crippen LogP contribution is -2.09. The van der Waals surface area contributed by atoms with Crippen molar-refractivity contribution in [3.63, 3.8) is 0 Å². The predicted octanol–water partition coefficient (Wildman–Crippen LogP) is 11.3. The van der Waals surface area contributed by atoms with Crippen molar-refractivity contribution in [1.82, 2.24) is 0 Å². The minimum Gasteiger partial charge on any atom is -0.310 e. The second kappa shape index (κ2) is 11.0. The highest BCUT2D eigenvalue weighted by Crippen LogP contribution is 2.38. The van der Waals surface area contributed by atoms with Crippen molar-refractivity contribution in [2.45, 2.75) is 0 Å². The van der Waals surface area contributed by atoms with Crippen LogP contribution < -0.4 is 4.90 Å². The lowest BCUT2D eigenvalue weighted by atomic mass is 10.00. The van der Waals surface area contributed by atoms with Crippen LogP contribution in [0.1, 0.15) is 0 Å². The maximum Gasteiger partial charge on any atom is 0.0468 e. The van der Waals surface area contributed by atoms with Gasteiger partial charge in [-0.15, -0.1) is 0 Å². The van der Waals surface area contributed by atoms with E-state index >= 15 is 0 Å². The van der Waals surface area contributed by atoms with Crippen molar-refractivity contribution in [1.29, 1.82) is 0 Å². The molecule has 7 rings (SSSR count). The SMILES string of the molecule is c1ccc(-c2ccc(-c3ccc(N(c4ccc(-c5ccccc5)cc4)c4ccc5ccccc5c4)cc3)cc2)cc1. The lowest BCUT2D eigenvalue weighted by molar-refractivity contribution is 1.29. The van der Waals surface area contributed by atoms with Gasteiger partial charge in [-0.2, -0.15) is 0 Å². The molecule has 0 radical (unpaired) electrons. The number of benzene rings is 7. The molecule has 0 bridgehead atoms. The standard InChI is InChI=1S/C40H29N/c1-3-9-30(10-4-1)33-15-17-34(18-16-33)36-21-26-39(27-22-36)41(40-28-23-32-13-7-8-14-37(32)29-40)38-24-19-35(20-25-38)31-11-5-2-6-12-31/h1-29H. The quantitative estimate of drug-likeness (QED) is 0.209. The summed E-state index contributed by atoms with van der Waals surface area (Å²) in [6.07, 6.45) is 0. The smallest absolute Gasteiger partial charge is 0.0468 e. The Hall–Kier alpha value is -5.40. The first-order chi connectivity index (χ1) is 20.3. The summed E-state index contributed by atoms with van der Waals surface area (Å²) in [4.78, 5) is 2.34. The molecule has 0 N–H and O–H groups in total. The first kappa shape index (κ1) is 24.6. The van der Waals surface area contributed by atoms with Gasteiger partial charge in [0.15, 0.2) is 0 Å². The fourth-order valence-corrected chi connectivity index (χ4v) is 5.49. The van der Waals surface area contributed by atoms with E-state index in [-0.39, 0.29) is 0 Å². The molecule has 194 valence electrons. The number of nitrogens with zero attached hydrogens (tertiary/aromatic N) is 1. The highest BCUT2D eigenvalue weighted by Gasteiger charge is 2.14. The van der Waals surface area contributed by atoms with Crippen LogP contribution in [0.2, 0.25) is 0 Å². The third kappa shape index (κ3) is 5.14. The molecule has 7 aromatic carbocycles. The predicted molar refractivity (Wildman–Crippen MR) is 175 cm³/mol. The van der Waals surface area contributed by atoms with Gasteiger partial charge in [-0.25, -0.2) is 0 Å². The largest absolute Gasteiger partial charge is 0.310 e. The Morgan fingerprint density at radius 3 is 1.05 bits per heavy atom. The number of hydrogen-bond acceptors (Lipinski definition) is 1. The zero-order valence-electron chi connectivity index (χ0n) is 22.7. The van der Waals surface area contributed by atoms with Crippen molar-refractivity contribution in [3.05, 3.63) is 176 Å². The first-order valence-corrected chi connectivity index (χ1v) is 14.0. The molecule has 0 heterocycles. The molecule has 0 saturated heterocycles. The Bertz CT molecular complexity index is 1890. The highest BCUT2D eigenvalue weighted by molar-refractivity contribution is 5.89. The number of fused-ring (bicyclic) bond motifs is 1. The molecule has 0 spiro atoms. The van der Waals surface area contributed by atoms with Crippen LogP contribution in [-0.2, 0) is 0 Å². The highest BCUT2D eigenvalue weighted by atomic mass is 15.1. The van der Waals surface area contributed by atoms with Gasteiger partial charge in [0.25, 0.3) is 0 Å². The molecule has 0 unspecified atom stereocenters. The van der Waals surface area contributed by atoms with Gasteiger partial charge < -0.3 is 4.90 Å². The number of anilines is 3. The summed E-state index contributed by atoms with van der Waals surface area (Å²) in [5.74, 6) is 0. The van der Waals surface area contributed by atoms with Crippen LogP contribution in [0.3, 0.4) is 0 Å². The van der Waals surface area contributed by atoms with Crippen molar-refractivity contribution in [3.8, 4) is 33.4 Å². The maximum atomic E-state index is 2.34. The van der Waals surface area contributed by atoms with Gasteiger partial charge >= 0.3 is 0 Å². The van der Waals surface area contributed by atoms with Crippen molar-refractivity contribution < 1.29 is 0 Å². The van der Waals surface area contributed by atoms with Crippen LogP contribution in [0.25, 0.3) is 44.2 Å². The Labute approximate surface area is 241 Å². The van der Waals surface area contributed by atoms with E-state index in [1.165, 1.54) is 44.2 Å². The fourth-order valence-electron chi connectivity index (χ4n) is 5.49. The molecule has 7 aromatic rings. The topological polar surface area (TPSA) is 3.24 Å². The van der Waals surface area contributed by atoms with Crippen LogP contribution >= 0.6 is 0 Å². The summed E-state index contributed by atoms with van der Waals surface area (Å²) in [5.41, 5.74) is 10.7. The molecular formula is C40H29N. The molecule has 0 saturated carbocycles. The molecular weight excluding hydrogens is 494 g/mol. The third-order valence-electron chi connectivity index (χ3n) is 7.67. The molecule has 0 aliphatic carbocycles. The molecule has 0 amide bonds. The van der Waals surface area contributed by atoms with Gasteiger partial charge in [0.05, 0.1) is 0 Å². The summed E-state index contributed by atoms with van der Waals surface area (Å²) >= 11 is 0. The normalized spacial score (nSPS) is 10.9. The van der Waals surface area contributed by atoms with Crippen LogP contribution in [0, 0.1) is 0 Å². The Morgan fingerprint density at radius 1 is 0.244 bits per heavy atom. The number of hydrogen-bond donors (Lipinski definition) is 0. The summed E-state index contributed by atoms with van der Waals surface area (Å²) < 4.78 is 0. The van der Waals surface area contributed by atoms with E-state index in [0.29, 0.717) is 0 Å². The van der Waals surface area contributed by atoms with Gasteiger partial charge in [-0.05, 0) is 80.6 Å². The van der Waals surface area contributed by atoms with Gasteiger partial charge in [0.1, 0.15) is 0 Å². The van der Waals surface area contributed by atoms with E-state index in [1.54, 1.807) is 0 Å². The summed E-state index contributed by atoms with van der Waals surface area (Å²) in [6, 6.07) is 62.8. The molecule has 0 atom stereocenters. The molecule has 1 nitrogen and oxygen atoms in total. The van der Waals surface area contributed by atoms with E-state index in [9.17, 15) is 0 Å². The van der Waals surface area contributed by atoms with E-state index in [0.717, 1.165) is 17.1 Å². The van der Waals surface area contributed by atoms with Gasteiger partial charge in [-0.1, -0.05) is 140 Å². The van der Waals surface area contributed by atoms with Crippen molar-refractivity contribution >= 4 is 27.8 Å². The minimum atomic E-state index is 1.12. The fraction of sp³-hybridized carbons (Fsp3) is 0. The van der Waals surface area contributed by atoms with Gasteiger partial charge in [-0.3, -0.25) is 0 Å². The molecule has 0 aliphatic heterocycles.